The number of benzene rings is 1. The van der Waals surface area contributed by atoms with E-state index < -0.39 is 82.6 Å². The molecular weight excluding hydrogens is 702 g/mol. The molecule has 0 radical (unpaired) electrons. The first-order valence-corrected chi connectivity index (χ1v) is 16.8. The van der Waals surface area contributed by atoms with E-state index >= 15 is 4.39 Å². The molecule has 3 heterocycles. The molecule has 1 aromatic carbocycles. The molecule has 0 spiro atoms. The highest BCUT2D eigenvalue weighted by Crippen LogP contribution is 2.59. The minimum atomic E-state index is -5.50. The molecule has 4 aromatic rings. The second kappa shape index (κ2) is 12.2. The van der Waals surface area contributed by atoms with Crippen molar-refractivity contribution in [2.45, 2.75) is 59.9 Å². The van der Waals surface area contributed by atoms with E-state index in [1.165, 1.54) is 67.4 Å². The molecule has 2 N–H and O–H groups in total. The Hall–Kier alpha value is -3.77. The van der Waals surface area contributed by atoms with Gasteiger partial charge in [-0.2, -0.15) is 23.3 Å². The Morgan fingerprint density at radius 1 is 1.00 bits per heavy atom. The predicted octanol–water partition coefficient (Wildman–Crippen LogP) is 4.32. The molecular formula is C29H34F5N6O7PS. The maximum Gasteiger partial charge on any atom is 0.471 e. The lowest BCUT2D eigenvalue weighted by Crippen LogP contribution is -2.59. The van der Waals surface area contributed by atoms with E-state index in [-0.39, 0.29) is 21.5 Å². The van der Waals surface area contributed by atoms with E-state index in [1.807, 2.05) is 0 Å². The molecule has 0 bridgehead atoms. The normalized spacial score (nSPS) is 13.9. The average molecular weight is 737 g/mol. The number of thiazole rings is 1. The lowest BCUT2D eigenvalue weighted by molar-refractivity contribution is -0.191. The Morgan fingerprint density at radius 3 is 2.08 bits per heavy atom. The Bertz CT molecular complexity index is 2220. The summed E-state index contributed by atoms with van der Waals surface area (Å²) in [5, 5.41) is 5.22. The van der Waals surface area contributed by atoms with Crippen molar-refractivity contribution in [2.24, 2.45) is 37.0 Å². The lowest BCUT2D eigenvalue weighted by atomic mass is 9.68. The van der Waals surface area contributed by atoms with Crippen LogP contribution in [0.15, 0.2) is 32.1 Å². The summed E-state index contributed by atoms with van der Waals surface area (Å²) in [4.78, 5) is 63.3. The van der Waals surface area contributed by atoms with Crippen molar-refractivity contribution in [2.75, 3.05) is 0 Å². The molecule has 0 unspecified atom stereocenters. The molecule has 1 amide bonds. The van der Waals surface area contributed by atoms with Crippen molar-refractivity contribution in [3.8, 4) is 11.3 Å². The second-order valence-electron chi connectivity index (χ2n) is 13.4. The second-order valence-corrected chi connectivity index (χ2v) is 15.4. The van der Waals surface area contributed by atoms with Gasteiger partial charge in [0.2, 0.25) is 0 Å². The predicted molar refractivity (Wildman–Crippen MR) is 168 cm³/mol. The molecule has 4 rings (SSSR count). The first-order chi connectivity index (χ1) is 22.2. The molecule has 0 aliphatic carbocycles. The Balaban J connectivity index is 2.13. The molecule has 0 aliphatic heterocycles. The van der Waals surface area contributed by atoms with E-state index in [0.717, 1.165) is 25.1 Å². The average Bonchev–Trinajstić information content (AvgIpc) is 3.47. The number of alkyl halides is 3. The standard InChI is InChI=1S/C29H34F5N6O7PS/c1-26(2,3)29(27(4,5)6,47-48(44,45)46)40-17(14-10-11-15(30)20(21(14)31)28(32,33)34)13-49-24(40)35-18(41)12-16-19-22(36-39(16)9)37(7)25(43)38(8)23(19)42/h10-11,13H,12H2,1-9H3,(H2,44,45,46). The zero-order chi connectivity index (χ0) is 37.4. The van der Waals surface area contributed by atoms with Gasteiger partial charge in [-0.15, -0.1) is 11.3 Å². The van der Waals surface area contributed by atoms with Crippen LogP contribution in [0.3, 0.4) is 0 Å². The topological polar surface area (TPSA) is 163 Å². The monoisotopic (exact) mass is 736 g/mol. The summed E-state index contributed by atoms with van der Waals surface area (Å²) in [5.74, 6) is -4.88. The molecule has 0 atom stereocenters. The van der Waals surface area contributed by atoms with Gasteiger partial charge in [-0.05, 0) is 12.1 Å². The number of rotatable bonds is 6. The van der Waals surface area contributed by atoms with Crippen LogP contribution in [0, 0.1) is 22.5 Å². The van der Waals surface area contributed by atoms with Crippen molar-refractivity contribution in [3.63, 3.8) is 0 Å². The van der Waals surface area contributed by atoms with E-state index in [0.29, 0.717) is 17.4 Å². The fraction of sp³-hybridized carbons (Fsp3) is 0.483. The van der Waals surface area contributed by atoms with Gasteiger partial charge in [0.25, 0.3) is 11.5 Å². The smallest absolute Gasteiger partial charge is 0.303 e. The zero-order valence-corrected chi connectivity index (χ0v) is 29.5. The molecule has 0 aliphatic rings. The number of nitrogens with zero attached hydrogens (tertiary/aromatic N) is 6. The molecule has 0 saturated heterocycles. The highest BCUT2D eigenvalue weighted by molar-refractivity contribution is 7.46. The number of halogens is 5. The number of fused-ring (bicyclic) bond motifs is 1. The SMILES string of the molecule is Cn1nc2c(c1CC(=O)N=c1scc(-c3ccc(F)c(C(F)(F)F)c3F)n1C(OP(=O)(O)O)(C(C)(C)C)C(C)(C)C)c(=O)n(C)c(=O)n2C. The van der Waals surface area contributed by atoms with Gasteiger partial charge >= 0.3 is 19.7 Å². The fourth-order valence-corrected chi connectivity index (χ4v) is 8.14. The van der Waals surface area contributed by atoms with E-state index in [4.69, 9.17) is 4.52 Å². The summed E-state index contributed by atoms with van der Waals surface area (Å²) in [6.07, 6.45) is -6.07. The summed E-state index contributed by atoms with van der Waals surface area (Å²) in [6, 6.07) is 1.12. The first-order valence-electron chi connectivity index (χ1n) is 14.4. The molecule has 3 aromatic heterocycles. The minimum Gasteiger partial charge on any atom is -0.303 e. The molecule has 0 fully saturated rings. The summed E-state index contributed by atoms with van der Waals surface area (Å²) in [6.45, 7) is 8.99. The van der Waals surface area contributed by atoms with Crippen LogP contribution < -0.4 is 16.1 Å². The summed E-state index contributed by atoms with van der Waals surface area (Å²) in [7, 11) is -1.46. The highest BCUT2D eigenvalue weighted by Gasteiger charge is 2.58. The quantitative estimate of drug-likeness (QED) is 0.219. The van der Waals surface area contributed by atoms with Crippen LogP contribution in [-0.4, -0.2) is 39.2 Å². The van der Waals surface area contributed by atoms with E-state index in [1.54, 1.807) is 0 Å². The van der Waals surface area contributed by atoms with Gasteiger partial charge in [0, 0.05) is 42.9 Å². The number of carbonyl (C=O) groups excluding carboxylic acids is 1. The van der Waals surface area contributed by atoms with Crippen molar-refractivity contribution >= 4 is 36.1 Å². The number of hydrogen-bond acceptors (Lipinski definition) is 7. The van der Waals surface area contributed by atoms with Crippen molar-refractivity contribution in [1.82, 2.24) is 23.5 Å². The van der Waals surface area contributed by atoms with Gasteiger partial charge in [-0.25, -0.2) is 18.1 Å². The zero-order valence-electron chi connectivity index (χ0n) is 27.8. The van der Waals surface area contributed by atoms with Crippen molar-refractivity contribution in [1.29, 1.82) is 0 Å². The van der Waals surface area contributed by atoms with Crippen LogP contribution in [0.5, 0.6) is 0 Å². The van der Waals surface area contributed by atoms with Gasteiger partial charge in [-0.1, -0.05) is 41.5 Å². The number of amides is 1. The third-order valence-electron chi connectivity index (χ3n) is 8.05. The van der Waals surface area contributed by atoms with Gasteiger partial charge in [-0.3, -0.25) is 32.5 Å². The number of aryl methyl sites for hydroxylation is 2. The molecule has 13 nitrogen and oxygen atoms in total. The number of phosphoric ester groups is 1. The molecule has 20 heteroatoms. The largest absolute Gasteiger partial charge is 0.471 e. The summed E-state index contributed by atoms with van der Waals surface area (Å²) in [5.41, 5.74) is -9.95. The number of aromatic nitrogens is 5. The van der Waals surface area contributed by atoms with Crippen LogP contribution in [0.4, 0.5) is 22.0 Å². The van der Waals surface area contributed by atoms with Crippen molar-refractivity contribution in [3.05, 3.63) is 66.0 Å². The molecule has 268 valence electrons. The highest BCUT2D eigenvalue weighted by atomic mass is 32.1. The third-order valence-corrected chi connectivity index (χ3v) is 9.38. The number of carbonyl (C=O) groups is 1. The molecule has 0 saturated carbocycles. The van der Waals surface area contributed by atoms with Crippen LogP contribution in [-0.2, 0) is 53.3 Å². The summed E-state index contributed by atoms with van der Waals surface area (Å²) < 4.78 is 93.8. The van der Waals surface area contributed by atoms with Gasteiger partial charge in [0.05, 0.1) is 17.8 Å². The number of hydrogen-bond donors (Lipinski definition) is 2. The maximum absolute atomic E-state index is 15.7. The van der Waals surface area contributed by atoms with Gasteiger partial charge < -0.3 is 9.79 Å². The Morgan fingerprint density at radius 2 is 1.57 bits per heavy atom. The van der Waals surface area contributed by atoms with Gasteiger partial charge in [0.1, 0.15) is 22.6 Å². The van der Waals surface area contributed by atoms with E-state index in [2.05, 4.69) is 10.1 Å². The van der Waals surface area contributed by atoms with Crippen LogP contribution >= 0.6 is 19.2 Å². The third kappa shape index (κ3) is 6.49. The van der Waals surface area contributed by atoms with E-state index in [9.17, 15) is 46.3 Å². The Kier molecular flexibility index (Phi) is 9.49. The van der Waals surface area contributed by atoms with Crippen LogP contribution in [0.2, 0.25) is 0 Å². The minimum absolute atomic E-state index is 0.0198. The van der Waals surface area contributed by atoms with Crippen LogP contribution in [0.25, 0.3) is 22.3 Å². The lowest BCUT2D eigenvalue weighted by Gasteiger charge is -2.53. The number of phosphoric acid groups is 1. The maximum atomic E-state index is 15.7. The van der Waals surface area contributed by atoms with Crippen LogP contribution in [0.1, 0.15) is 52.8 Å². The van der Waals surface area contributed by atoms with Gasteiger partial charge in [0.15, 0.2) is 16.2 Å². The molecule has 49 heavy (non-hydrogen) atoms. The summed E-state index contributed by atoms with van der Waals surface area (Å²) >= 11 is 0.608. The van der Waals surface area contributed by atoms with Crippen molar-refractivity contribution < 1.29 is 45.6 Å². The fourth-order valence-electron chi connectivity index (χ4n) is 6.23. The first kappa shape index (κ1) is 38.0. The Labute approximate surface area is 279 Å².